The van der Waals surface area contributed by atoms with Gasteiger partial charge in [0.1, 0.15) is 6.04 Å². The predicted molar refractivity (Wildman–Crippen MR) is 121 cm³/mol. The summed E-state index contributed by atoms with van der Waals surface area (Å²) in [6, 6.07) is 38.2. The van der Waals surface area contributed by atoms with Gasteiger partial charge in [-0.25, -0.2) is 0 Å². The van der Waals surface area contributed by atoms with Crippen LogP contribution in [0.5, 0.6) is 0 Å². The Balaban J connectivity index is 1.70. The van der Waals surface area contributed by atoms with Crippen molar-refractivity contribution in [2.75, 3.05) is 5.01 Å². The topological polar surface area (TPSA) is 15.6 Å². The van der Waals surface area contributed by atoms with Crippen LogP contribution in [0.3, 0.4) is 0 Å². The quantitative estimate of drug-likeness (QED) is 0.287. The summed E-state index contributed by atoms with van der Waals surface area (Å²) in [5.41, 5.74) is 8.39. The number of anilines is 1. The molecule has 0 bridgehead atoms. The third-order valence-corrected chi connectivity index (χ3v) is 5.52. The molecule has 2 nitrogen and oxygen atoms in total. The standard InChI is InChI=1S/C27H22N2/c1-20(21-12-4-2-5-13-21)28-29(22-14-6-3-7-15-22)27-25-18-10-8-16-23(25)24-17-9-11-19-26(24)27/h2-19,27H,1H3. The zero-order chi connectivity index (χ0) is 19.6. The number of nitrogens with zero attached hydrogens (tertiary/aromatic N) is 2. The van der Waals surface area contributed by atoms with Gasteiger partial charge in [0.25, 0.3) is 0 Å². The SMILES string of the molecule is CC(=NN(c1ccccc1)C1c2ccccc2-c2ccccc21)c1ccccc1. The molecule has 0 aliphatic heterocycles. The fraction of sp³-hybridized carbons (Fsp3) is 0.0741. The van der Waals surface area contributed by atoms with E-state index in [9.17, 15) is 0 Å². The van der Waals surface area contributed by atoms with Gasteiger partial charge in [-0.2, -0.15) is 5.10 Å². The van der Waals surface area contributed by atoms with Crippen LogP contribution in [0, 0.1) is 0 Å². The highest BCUT2D eigenvalue weighted by atomic mass is 15.5. The van der Waals surface area contributed by atoms with Gasteiger partial charge in [0.15, 0.2) is 0 Å². The Morgan fingerprint density at radius 3 is 1.69 bits per heavy atom. The van der Waals surface area contributed by atoms with Crippen molar-refractivity contribution < 1.29 is 0 Å². The zero-order valence-electron chi connectivity index (χ0n) is 16.4. The van der Waals surface area contributed by atoms with Crippen LogP contribution in [-0.4, -0.2) is 5.71 Å². The van der Waals surface area contributed by atoms with Crippen molar-refractivity contribution in [1.82, 2.24) is 0 Å². The highest BCUT2D eigenvalue weighted by Crippen LogP contribution is 2.47. The molecule has 0 saturated carbocycles. The van der Waals surface area contributed by atoms with E-state index in [1.165, 1.54) is 22.3 Å². The van der Waals surface area contributed by atoms with Crippen molar-refractivity contribution in [3.63, 3.8) is 0 Å². The first-order valence-electron chi connectivity index (χ1n) is 9.96. The Morgan fingerprint density at radius 2 is 1.10 bits per heavy atom. The molecule has 5 rings (SSSR count). The van der Waals surface area contributed by atoms with Crippen LogP contribution in [0.4, 0.5) is 5.69 Å². The van der Waals surface area contributed by atoms with Crippen LogP contribution >= 0.6 is 0 Å². The van der Waals surface area contributed by atoms with Crippen LogP contribution in [0.1, 0.15) is 29.7 Å². The Labute approximate surface area is 171 Å². The smallest absolute Gasteiger partial charge is 0.104 e. The number of hydrogen-bond acceptors (Lipinski definition) is 2. The fourth-order valence-electron chi connectivity index (χ4n) is 4.14. The average Bonchev–Trinajstić information content (AvgIpc) is 3.13. The van der Waals surface area contributed by atoms with Gasteiger partial charge < -0.3 is 0 Å². The minimum absolute atomic E-state index is 0.0449. The van der Waals surface area contributed by atoms with Crippen molar-refractivity contribution in [3.05, 3.63) is 126 Å². The van der Waals surface area contributed by atoms with Gasteiger partial charge in [-0.15, -0.1) is 0 Å². The minimum atomic E-state index is 0.0449. The molecule has 0 N–H and O–H groups in total. The molecule has 0 aromatic heterocycles. The van der Waals surface area contributed by atoms with Crippen molar-refractivity contribution in [1.29, 1.82) is 0 Å². The monoisotopic (exact) mass is 374 g/mol. The molecule has 0 spiro atoms. The van der Waals surface area contributed by atoms with E-state index >= 15 is 0 Å². The fourth-order valence-corrected chi connectivity index (χ4v) is 4.14. The molecule has 0 saturated heterocycles. The normalized spacial score (nSPS) is 13.1. The maximum absolute atomic E-state index is 5.15. The highest BCUT2D eigenvalue weighted by Gasteiger charge is 2.33. The second-order valence-corrected chi connectivity index (χ2v) is 7.31. The molecule has 29 heavy (non-hydrogen) atoms. The van der Waals surface area contributed by atoms with E-state index in [2.05, 4.69) is 109 Å². The summed E-state index contributed by atoms with van der Waals surface area (Å²) < 4.78 is 0. The number of hydrogen-bond donors (Lipinski definition) is 0. The van der Waals surface area contributed by atoms with E-state index in [-0.39, 0.29) is 6.04 Å². The zero-order valence-corrected chi connectivity index (χ0v) is 16.4. The molecular weight excluding hydrogens is 352 g/mol. The predicted octanol–water partition coefficient (Wildman–Crippen LogP) is 6.69. The van der Waals surface area contributed by atoms with Gasteiger partial charge in [-0.3, -0.25) is 5.01 Å². The third kappa shape index (κ3) is 3.13. The van der Waals surface area contributed by atoms with Gasteiger partial charge in [-0.05, 0) is 46.9 Å². The average molecular weight is 374 g/mol. The van der Waals surface area contributed by atoms with E-state index in [4.69, 9.17) is 5.10 Å². The number of benzene rings is 4. The molecule has 1 aliphatic carbocycles. The second kappa shape index (κ2) is 7.40. The molecule has 0 atom stereocenters. The van der Waals surface area contributed by atoms with E-state index in [0.29, 0.717) is 0 Å². The lowest BCUT2D eigenvalue weighted by molar-refractivity contribution is 0.753. The van der Waals surface area contributed by atoms with Crippen molar-refractivity contribution in [2.45, 2.75) is 13.0 Å². The molecular formula is C27H22N2. The first-order valence-corrected chi connectivity index (χ1v) is 9.96. The molecule has 0 amide bonds. The number of hydrazone groups is 1. The number of rotatable bonds is 4. The Hall–Kier alpha value is -3.65. The third-order valence-electron chi connectivity index (χ3n) is 5.52. The van der Waals surface area contributed by atoms with Gasteiger partial charge in [-0.1, -0.05) is 97.1 Å². The van der Waals surface area contributed by atoms with Crippen molar-refractivity contribution in [3.8, 4) is 11.1 Å². The van der Waals surface area contributed by atoms with Gasteiger partial charge in [0.2, 0.25) is 0 Å². The highest BCUT2D eigenvalue weighted by molar-refractivity contribution is 5.99. The van der Waals surface area contributed by atoms with E-state index in [0.717, 1.165) is 17.0 Å². The molecule has 0 heterocycles. The second-order valence-electron chi connectivity index (χ2n) is 7.31. The summed E-state index contributed by atoms with van der Waals surface area (Å²) in [5.74, 6) is 0. The van der Waals surface area contributed by atoms with Crippen LogP contribution in [0.25, 0.3) is 11.1 Å². The Morgan fingerprint density at radius 1 is 0.621 bits per heavy atom. The summed E-state index contributed by atoms with van der Waals surface area (Å²) in [5, 5.41) is 7.32. The van der Waals surface area contributed by atoms with Crippen molar-refractivity contribution in [2.24, 2.45) is 5.10 Å². The first-order chi connectivity index (χ1) is 14.3. The molecule has 2 heteroatoms. The van der Waals surface area contributed by atoms with Crippen LogP contribution in [0.15, 0.2) is 114 Å². The summed E-state index contributed by atoms with van der Waals surface area (Å²) in [4.78, 5) is 0. The first kappa shape index (κ1) is 17.4. The molecule has 0 unspecified atom stereocenters. The van der Waals surface area contributed by atoms with E-state index in [1.807, 2.05) is 12.1 Å². The maximum atomic E-state index is 5.15. The molecule has 140 valence electrons. The maximum Gasteiger partial charge on any atom is 0.104 e. The molecule has 1 aliphatic rings. The van der Waals surface area contributed by atoms with Crippen molar-refractivity contribution >= 4 is 11.4 Å². The molecule has 4 aromatic carbocycles. The van der Waals surface area contributed by atoms with Gasteiger partial charge >= 0.3 is 0 Å². The van der Waals surface area contributed by atoms with Gasteiger partial charge in [0.05, 0.1) is 11.4 Å². The van der Waals surface area contributed by atoms with Crippen LogP contribution < -0.4 is 5.01 Å². The lowest BCUT2D eigenvalue weighted by atomic mass is 10.0. The number of fused-ring (bicyclic) bond motifs is 3. The van der Waals surface area contributed by atoms with Crippen LogP contribution in [-0.2, 0) is 0 Å². The summed E-state index contributed by atoms with van der Waals surface area (Å²) in [6.45, 7) is 2.08. The number of para-hydroxylation sites is 1. The molecule has 0 radical (unpaired) electrons. The largest absolute Gasteiger partial charge is 0.253 e. The minimum Gasteiger partial charge on any atom is -0.253 e. The summed E-state index contributed by atoms with van der Waals surface area (Å²) >= 11 is 0. The lowest BCUT2D eigenvalue weighted by Crippen LogP contribution is -2.24. The summed E-state index contributed by atoms with van der Waals surface area (Å²) in [7, 11) is 0. The molecule has 4 aromatic rings. The van der Waals surface area contributed by atoms with Crippen LogP contribution in [0.2, 0.25) is 0 Å². The Bertz CT molecular complexity index is 1120. The Kier molecular flexibility index (Phi) is 4.45. The summed E-state index contributed by atoms with van der Waals surface area (Å²) in [6.07, 6.45) is 0. The van der Waals surface area contributed by atoms with E-state index in [1.54, 1.807) is 0 Å². The molecule has 0 fully saturated rings. The van der Waals surface area contributed by atoms with E-state index < -0.39 is 0 Å². The van der Waals surface area contributed by atoms with Gasteiger partial charge in [0, 0.05) is 0 Å². The lowest BCUT2D eigenvalue weighted by Gasteiger charge is -2.29.